The van der Waals surface area contributed by atoms with Gasteiger partial charge in [-0.15, -0.1) is 0 Å². The quantitative estimate of drug-likeness (QED) is 0.714. The summed E-state index contributed by atoms with van der Waals surface area (Å²) in [5.41, 5.74) is 1.58. The van der Waals surface area contributed by atoms with E-state index < -0.39 is 0 Å². The average Bonchev–Trinajstić information content (AvgIpc) is 2.71. The summed E-state index contributed by atoms with van der Waals surface area (Å²) in [6.45, 7) is 2.24. The Morgan fingerprint density at radius 1 is 1.07 bits per heavy atom. The summed E-state index contributed by atoms with van der Waals surface area (Å²) in [7, 11) is 2.06. The van der Waals surface area contributed by atoms with Gasteiger partial charge in [-0.3, -0.25) is 14.2 Å². The molecule has 4 rings (SSSR count). The molecule has 0 spiro atoms. The summed E-state index contributed by atoms with van der Waals surface area (Å²) in [5, 5.41) is 0.533. The van der Waals surface area contributed by atoms with Crippen molar-refractivity contribution >= 4 is 16.8 Å². The Hall–Kier alpha value is -2.99. The van der Waals surface area contributed by atoms with Gasteiger partial charge in [-0.05, 0) is 24.7 Å². The normalized spacial score (nSPS) is 18.0. The summed E-state index contributed by atoms with van der Waals surface area (Å²) in [6, 6.07) is 17.2. The van der Waals surface area contributed by atoms with E-state index in [1.54, 1.807) is 12.1 Å². The van der Waals surface area contributed by atoms with Crippen LogP contribution in [0.4, 0.5) is 0 Å². The van der Waals surface area contributed by atoms with Crippen LogP contribution in [0.1, 0.15) is 11.6 Å². The van der Waals surface area contributed by atoms with E-state index in [9.17, 15) is 9.59 Å². The van der Waals surface area contributed by atoms with Crippen molar-refractivity contribution in [1.29, 1.82) is 0 Å². The van der Waals surface area contributed by atoms with E-state index in [-0.39, 0.29) is 24.1 Å². The smallest absolute Gasteiger partial charge is 0.261 e. The van der Waals surface area contributed by atoms with E-state index in [2.05, 4.69) is 16.9 Å². The maximum absolute atomic E-state index is 13.1. The minimum absolute atomic E-state index is 0.00369. The summed E-state index contributed by atoms with van der Waals surface area (Å²) < 4.78 is 1.41. The number of fused-ring (bicyclic) bond motifs is 1. The highest BCUT2D eigenvalue weighted by atomic mass is 16.2. The van der Waals surface area contributed by atoms with Crippen LogP contribution in [-0.4, -0.2) is 51.9 Å². The second-order valence-corrected chi connectivity index (χ2v) is 6.97. The Labute approximate surface area is 157 Å². The van der Waals surface area contributed by atoms with Gasteiger partial charge in [-0.1, -0.05) is 42.5 Å². The summed E-state index contributed by atoms with van der Waals surface area (Å²) in [5.74, 6) is -0.0591. The van der Waals surface area contributed by atoms with Crippen molar-refractivity contribution < 1.29 is 4.79 Å². The minimum atomic E-state index is -0.181. The van der Waals surface area contributed by atoms with Gasteiger partial charge in [0.15, 0.2) is 0 Å². The molecule has 1 atom stereocenters. The fraction of sp³-hybridized carbons (Fsp3) is 0.286. The third-order valence-corrected chi connectivity index (χ3v) is 5.13. The summed E-state index contributed by atoms with van der Waals surface area (Å²) >= 11 is 0. The molecule has 1 aliphatic heterocycles. The maximum atomic E-state index is 13.1. The fourth-order valence-electron chi connectivity index (χ4n) is 3.63. The number of carbonyl (C=O) groups is 1. The lowest BCUT2D eigenvalue weighted by Gasteiger charge is -2.40. The maximum Gasteiger partial charge on any atom is 0.261 e. The number of nitrogens with zero attached hydrogens (tertiary/aromatic N) is 4. The van der Waals surface area contributed by atoms with Gasteiger partial charge in [-0.25, -0.2) is 4.98 Å². The van der Waals surface area contributed by atoms with E-state index in [0.717, 1.165) is 18.7 Å². The molecule has 0 unspecified atom stereocenters. The predicted octanol–water partition coefficient (Wildman–Crippen LogP) is 1.91. The van der Waals surface area contributed by atoms with Crippen LogP contribution in [0.2, 0.25) is 0 Å². The standard InChI is InChI=1S/C21H22N4O2/c1-23-11-12-25(19(13-23)16-7-3-2-4-8-16)20(26)14-24-15-22-18-10-6-5-9-17(18)21(24)27/h2-10,15,19H,11-14H2,1H3/t19-/m1/s1. The van der Waals surface area contributed by atoms with Crippen LogP contribution >= 0.6 is 0 Å². The molecule has 2 heterocycles. The first-order chi connectivity index (χ1) is 13.1. The van der Waals surface area contributed by atoms with Gasteiger partial charge in [-0.2, -0.15) is 0 Å². The molecule has 6 heteroatoms. The molecule has 1 saturated heterocycles. The lowest BCUT2D eigenvalue weighted by molar-refractivity contribution is -0.136. The fourth-order valence-corrected chi connectivity index (χ4v) is 3.63. The second-order valence-electron chi connectivity index (χ2n) is 6.97. The molecule has 27 heavy (non-hydrogen) atoms. The second kappa shape index (κ2) is 7.32. The summed E-state index contributed by atoms with van der Waals surface area (Å²) in [4.78, 5) is 34.2. The van der Waals surface area contributed by atoms with Crippen LogP contribution in [-0.2, 0) is 11.3 Å². The van der Waals surface area contributed by atoms with Gasteiger partial charge in [0.1, 0.15) is 6.54 Å². The lowest BCUT2D eigenvalue weighted by atomic mass is 10.0. The van der Waals surface area contributed by atoms with Gasteiger partial charge in [0.2, 0.25) is 5.91 Å². The summed E-state index contributed by atoms with van der Waals surface area (Å²) in [6.07, 6.45) is 1.47. The molecule has 1 fully saturated rings. The topological polar surface area (TPSA) is 58.4 Å². The number of para-hydroxylation sites is 1. The van der Waals surface area contributed by atoms with Crippen LogP contribution in [0.3, 0.4) is 0 Å². The van der Waals surface area contributed by atoms with Gasteiger partial charge in [0.25, 0.3) is 5.56 Å². The van der Waals surface area contributed by atoms with Crippen LogP contribution < -0.4 is 5.56 Å². The van der Waals surface area contributed by atoms with Crippen molar-refractivity contribution in [2.45, 2.75) is 12.6 Å². The van der Waals surface area contributed by atoms with Crippen molar-refractivity contribution in [1.82, 2.24) is 19.4 Å². The van der Waals surface area contributed by atoms with Crippen LogP contribution in [0.5, 0.6) is 0 Å². The van der Waals surface area contributed by atoms with Gasteiger partial charge in [0.05, 0.1) is 23.3 Å². The number of likely N-dealkylation sites (N-methyl/N-ethyl adjacent to an activating group) is 1. The first-order valence-electron chi connectivity index (χ1n) is 9.10. The zero-order valence-corrected chi connectivity index (χ0v) is 15.3. The Kier molecular flexibility index (Phi) is 4.73. The van der Waals surface area contributed by atoms with E-state index in [1.807, 2.05) is 47.4 Å². The molecular formula is C21H22N4O2. The van der Waals surface area contributed by atoms with E-state index >= 15 is 0 Å². The number of piperazine rings is 1. The average molecular weight is 362 g/mol. The zero-order chi connectivity index (χ0) is 18.8. The molecule has 2 aromatic carbocycles. The molecule has 3 aromatic rings. The van der Waals surface area contributed by atoms with Crippen molar-refractivity contribution in [2.24, 2.45) is 0 Å². The number of aromatic nitrogens is 2. The van der Waals surface area contributed by atoms with Gasteiger partial charge >= 0.3 is 0 Å². The Morgan fingerprint density at radius 2 is 1.81 bits per heavy atom. The van der Waals surface area contributed by atoms with E-state index in [1.165, 1.54) is 10.9 Å². The molecule has 0 radical (unpaired) electrons. The number of hydrogen-bond acceptors (Lipinski definition) is 4. The van der Waals surface area contributed by atoms with Crippen molar-refractivity contribution in [2.75, 3.05) is 26.7 Å². The Morgan fingerprint density at radius 3 is 2.63 bits per heavy atom. The molecule has 0 saturated carbocycles. The molecule has 1 aliphatic rings. The molecule has 138 valence electrons. The Bertz CT molecular complexity index is 1020. The SMILES string of the molecule is CN1CCN(C(=O)Cn2cnc3ccccc3c2=O)[C@@H](c2ccccc2)C1. The minimum Gasteiger partial charge on any atom is -0.332 e. The Balaban J connectivity index is 1.61. The monoisotopic (exact) mass is 362 g/mol. The van der Waals surface area contributed by atoms with Crippen molar-refractivity contribution in [3.8, 4) is 0 Å². The third kappa shape index (κ3) is 3.48. The largest absolute Gasteiger partial charge is 0.332 e. The number of amides is 1. The number of benzene rings is 2. The van der Waals surface area contributed by atoms with Gasteiger partial charge < -0.3 is 9.80 Å². The molecule has 0 N–H and O–H groups in total. The highest BCUT2D eigenvalue weighted by Crippen LogP contribution is 2.25. The molecule has 0 bridgehead atoms. The van der Waals surface area contributed by atoms with E-state index in [4.69, 9.17) is 0 Å². The van der Waals surface area contributed by atoms with Crippen molar-refractivity contribution in [3.05, 3.63) is 76.8 Å². The van der Waals surface area contributed by atoms with Crippen LogP contribution in [0, 0.1) is 0 Å². The number of carbonyl (C=O) groups excluding carboxylic acids is 1. The first kappa shape index (κ1) is 17.4. The zero-order valence-electron chi connectivity index (χ0n) is 15.3. The number of rotatable bonds is 3. The highest BCUT2D eigenvalue weighted by molar-refractivity contribution is 5.79. The highest BCUT2D eigenvalue weighted by Gasteiger charge is 2.30. The van der Waals surface area contributed by atoms with Crippen LogP contribution in [0.25, 0.3) is 10.9 Å². The third-order valence-electron chi connectivity index (χ3n) is 5.13. The molecule has 1 amide bonds. The predicted molar refractivity (Wildman–Crippen MR) is 104 cm³/mol. The van der Waals surface area contributed by atoms with Crippen LogP contribution in [0.15, 0.2) is 65.7 Å². The van der Waals surface area contributed by atoms with Crippen molar-refractivity contribution in [3.63, 3.8) is 0 Å². The van der Waals surface area contributed by atoms with E-state index in [0.29, 0.717) is 17.4 Å². The lowest BCUT2D eigenvalue weighted by Crippen LogP contribution is -2.50. The first-order valence-corrected chi connectivity index (χ1v) is 9.10. The molecular weight excluding hydrogens is 340 g/mol. The number of hydrogen-bond donors (Lipinski definition) is 0. The molecule has 1 aromatic heterocycles. The molecule has 0 aliphatic carbocycles. The van der Waals surface area contributed by atoms with Gasteiger partial charge in [0, 0.05) is 19.6 Å². The molecule has 6 nitrogen and oxygen atoms in total.